The minimum atomic E-state index is -0.183. The van der Waals surface area contributed by atoms with Gasteiger partial charge in [-0.05, 0) is 49.9 Å². The molecule has 100 valence electrons. The summed E-state index contributed by atoms with van der Waals surface area (Å²) in [5, 5.41) is 3.56. The van der Waals surface area contributed by atoms with Gasteiger partial charge in [0.1, 0.15) is 0 Å². The van der Waals surface area contributed by atoms with Gasteiger partial charge >= 0.3 is 0 Å². The van der Waals surface area contributed by atoms with E-state index in [1.165, 1.54) is 0 Å². The molecule has 1 aliphatic carbocycles. The Morgan fingerprint density at radius 1 is 1.50 bits per heavy atom. The van der Waals surface area contributed by atoms with Crippen LogP contribution >= 0.6 is 24.0 Å². The molecule has 18 heavy (non-hydrogen) atoms. The van der Waals surface area contributed by atoms with Crippen molar-refractivity contribution in [1.29, 1.82) is 0 Å². The van der Waals surface area contributed by atoms with E-state index in [0.29, 0.717) is 17.1 Å². The minimum absolute atomic E-state index is 0. The van der Waals surface area contributed by atoms with E-state index >= 15 is 0 Å². The Kier molecular flexibility index (Phi) is 5.02. The maximum atomic E-state index is 11.9. The van der Waals surface area contributed by atoms with Gasteiger partial charge in [-0.1, -0.05) is 11.6 Å². The molecule has 0 atom stereocenters. The largest absolute Gasteiger partial charge is 0.350 e. The fourth-order valence-electron chi connectivity index (χ4n) is 1.95. The molecule has 1 aromatic carbocycles. The molecular weight excluding hydrogens is 271 g/mol. The summed E-state index contributed by atoms with van der Waals surface area (Å²) in [6, 6.07) is 5.27. The molecule has 3 nitrogen and oxygen atoms in total. The Morgan fingerprint density at radius 3 is 2.67 bits per heavy atom. The monoisotopic (exact) mass is 288 g/mol. The predicted octanol–water partition coefficient (Wildman–Crippen LogP) is 2.68. The lowest BCUT2D eigenvalue weighted by Gasteiger charge is -2.38. The lowest BCUT2D eigenvalue weighted by atomic mass is 9.78. The van der Waals surface area contributed by atoms with Gasteiger partial charge in [-0.15, -0.1) is 12.4 Å². The summed E-state index contributed by atoms with van der Waals surface area (Å²) in [5.41, 5.74) is 7.41. The smallest absolute Gasteiger partial charge is 0.251 e. The first kappa shape index (κ1) is 15.3. The molecule has 0 radical (unpaired) electrons. The highest BCUT2D eigenvalue weighted by Crippen LogP contribution is 2.28. The highest BCUT2D eigenvalue weighted by Gasteiger charge is 2.32. The standard InChI is InChI=1S/C13H17ClN2O.ClH/c1-9-7-10(3-4-11(9)14)12(17)16-8-13(15)5-2-6-13;/h3-4,7H,2,5-6,8,15H2,1H3,(H,16,17);1H. The molecule has 1 saturated carbocycles. The third-order valence-electron chi connectivity index (χ3n) is 3.37. The van der Waals surface area contributed by atoms with Crippen LogP contribution in [0.1, 0.15) is 35.2 Å². The Labute approximate surface area is 118 Å². The Balaban J connectivity index is 0.00000162. The first-order valence-corrected chi connectivity index (χ1v) is 6.21. The van der Waals surface area contributed by atoms with E-state index < -0.39 is 0 Å². The normalized spacial score (nSPS) is 16.4. The molecular formula is C13H18Cl2N2O. The van der Waals surface area contributed by atoms with E-state index in [1.54, 1.807) is 18.2 Å². The number of rotatable bonds is 3. The van der Waals surface area contributed by atoms with Crippen LogP contribution in [0.4, 0.5) is 0 Å². The molecule has 0 saturated heterocycles. The molecule has 2 rings (SSSR count). The van der Waals surface area contributed by atoms with Gasteiger partial charge in [0.05, 0.1) is 0 Å². The quantitative estimate of drug-likeness (QED) is 0.899. The van der Waals surface area contributed by atoms with Crippen molar-refractivity contribution in [2.24, 2.45) is 5.73 Å². The van der Waals surface area contributed by atoms with Crippen LogP contribution in [0, 0.1) is 6.92 Å². The lowest BCUT2D eigenvalue weighted by Crippen LogP contribution is -2.54. The van der Waals surface area contributed by atoms with Gasteiger partial charge in [0.15, 0.2) is 0 Å². The maximum absolute atomic E-state index is 11.9. The van der Waals surface area contributed by atoms with Crippen molar-refractivity contribution in [2.75, 3.05) is 6.54 Å². The van der Waals surface area contributed by atoms with Crippen LogP contribution in [0.5, 0.6) is 0 Å². The summed E-state index contributed by atoms with van der Waals surface area (Å²) >= 11 is 5.91. The van der Waals surface area contributed by atoms with Crippen LogP contribution in [0.15, 0.2) is 18.2 Å². The molecule has 0 unspecified atom stereocenters. The molecule has 0 heterocycles. The second-order valence-electron chi connectivity index (χ2n) is 4.86. The molecule has 1 fully saturated rings. The molecule has 1 amide bonds. The summed E-state index contributed by atoms with van der Waals surface area (Å²) in [4.78, 5) is 11.9. The first-order valence-electron chi connectivity index (χ1n) is 5.83. The SMILES string of the molecule is Cc1cc(C(=O)NCC2(N)CCC2)ccc1Cl.Cl. The molecule has 0 spiro atoms. The summed E-state index contributed by atoms with van der Waals surface area (Å²) in [7, 11) is 0. The number of hydrogen-bond acceptors (Lipinski definition) is 2. The Morgan fingerprint density at radius 2 is 2.17 bits per heavy atom. The van der Waals surface area contributed by atoms with E-state index in [4.69, 9.17) is 17.3 Å². The average Bonchev–Trinajstić information content (AvgIpc) is 2.27. The van der Waals surface area contributed by atoms with Crippen LogP contribution < -0.4 is 11.1 Å². The van der Waals surface area contributed by atoms with Crippen LogP contribution in [-0.2, 0) is 0 Å². The summed E-state index contributed by atoms with van der Waals surface area (Å²) < 4.78 is 0. The maximum Gasteiger partial charge on any atom is 0.251 e. The third-order valence-corrected chi connectivity index (χ3v) is 3.79. The van der Waals surface area contributed by atoms with Crippen molar-refractivity contribution in [3.63, 3.8) is 0 Å². The zero-order chi connectivity index (χ0) is 12.5. The molecule has 3 N–H and O–H groups in total. The number of halogens is 2. The van der Waals surface area contributed by atoms with E-state index in [0.717, 1.165) is 24.8 Å². The second-order valence-corrected chi connectivity index (χ2v) is 5.27. The zero-order valence-electron chi connectivity index (χ0n) is 10.3. The highest BCUT2D eigenvalue weighted by molar-refractivity contribution is 6.31. The van der Waals surface area contributed by atoms with Crippen molar-refractivity contribution >= 4 is 29.9 Å². The number of aryl methyl sites for hydroxylation is 1. The van der Waals surface area contributed by atoms with Crippen LogP contribution in [-0.4, -0.2) is 18.0 Å². The number of carbonyl (C=O) groups is 1. The van der Waals surface area contributed by atoms with Gasteiger partial charge in [0.2, 0.25) is 0 Å². The van der Waals surface area contributed by atoms with Crippen LogP contribution in [0.2, 0.25) is 5.02 Å². The molecule has 0 bridgehead atoms. The van der Waals surface area contributed by atoms with Gasteiger partial charge in [0, 0.05) is 22.7 Å². The van der Waals surface area contributed by atoms with Gasteiger partial charge in [-0.25, -0.2) is 0 Å². The fourth-order valence-corrected chi connectivity index (χ4v) is 2.07. The average molecular weight is 289 g/mol. The lowest BCUT2D eigenvalue weighted by molar-refractivity contribution is 0.0929. The third kappa shape index (κ3) is 3.37. The van der Waals surface area contributed by atoms with E-state index in [9.17, 15) is 4.79 Å². The van der Waals surface area contributed by atoms with E-state index in [1.807, 2.05) is 6.92 Å². The van der Waals surface area contributed by atoms with Crippen molar-refractivity contribution in [1.82, 2.24) is 5.32 Å². The fraction of sp³-hybridized carbons (Fsp3) is 0.462. The number of carbonyl (C=O) groups excluding carboxylic acids is 1. The van der Waals surface area contributed by atoms with E-state index in [-0.39, 0.29) is 23.9 Å². The predicted molar refractivity (Wildman–Crippen MR) is 76.5 cm³/mol. The summed E-state index contributed by atoms with van der Waals surface area (Å²) in [6.45, 7) is 2.43. The Hall–Kier alpha value is -0.770. The summed E-state index contributed by atoms with van der Waals surface area (Å²) in [6.07, 6.45) is 3.15. The van der Waals surface area contributed by atoms with Crippen molar-refractivity contribution in [3.05, 3.63) is 34.3 Å². The zero-order valence-corrected chi connectivity index (χ0v) is 11.9. The molecule has 1 aromatic rings. The van der Waals surface area contributed by atoms with Gasteiger partial charge in [0.25, 0.3) is 5.91 Å². The summed E-state index contributed by atoms with van der Waals surface area (Å²) in [5.74, 6) is -0.0820. The topological polar surface area (TPSA) is 55.1 Å². The van der Waals surface area contributed by atoms with Crippen LogP contribution in [0.25, 0.3) is 0 Å². The Bertz CT molecular complexity index is 445. The van der Waals surface area contributed by atoms with Crippen molar-refractivity contribution in [3.8, 4) is 0 Å². The molecule has 1 aliphatic rings. The number of amides is 1. The number of nitrogens with one attached hydrogen (secondary N) is 1. The number of nitrogens with two attached hydrogens (primary N) is 1. The number of hydrogen-bond donors (Lipinski definition) is 2. The molecule has 0 aromatic heterocycles. The van der Waals surface area contributed by atoms with Gasteiger partial charge < -0.3 is 11.1 Å². The molecule has 0 aliphatic heterocycles. The first-order chi connectivity index (χ1) is 8.00. The second kappa shape index (κ2) is 5.91. The minimum Gasteiger partial charge on any atom is -0.350 e. The van der Waals surface area contributed by atoms with Gasteiger partial charge in [-0.2, -0.15) is 0 Å². The van der Waals surface area contributed by atoms with E-state index in [2.05, 4.69) is 5.32 Å². The number of benzene rings is 1. The molecule has 5 heteroatoms. The van der Waals surface area contributed by atoms with Crippen molar-refractivity contribution in [2.45, 2.75) is 31.7 Å². The van der Waals surface area contributed by atoms with Crippen molar-refractivity contribution < 1.29 is 4.79 Å². The van der Waals surface area contributed by atoms with Gasteiger partial charge in [-0.3, -0.25) is 4.79 Å². The van der Waals surface area contributed by atoms with Crippen LogP contribution in [0.3, 0.4) is 0 Å². The highest BCUT2D eigenvalue weighted by atomic mass is 35.5.